The maximum Gasteiger partial charge on any atom is 0.341 e. The number of anilines is 1. The van der Waals surface area contributed by atoms with E-state index in [0.29, 0.717) is 17.4 Å². The highest BCUT2D eigenvalue weighted by molar-refractivity contribution is 7.99. The van der Waals surface area contributed by atoms with E-state index >= 15 is 0 Å². The second-order valence-electron chi connectivity index (χ2n) is 4.34. The molecule has 0 spiro atoms. The molecule has 0 atom stereocenters. The summed E-state index contributed by atoms with van der Waals surface area (Å²) in [5, 5.41) is 6.30. The molecule has 2 N–H and O–H groups in total. The van der Waals surface area contributed by atoms with E-state index in [0.717, 1.165) is 23.7 Å². The quantitative estimate of drug-likeness (QED) is 0.825. The minimum atomic E-state index is -0.409. The first-order chi connectivity index (χ1) is 9.63. The summed E-state index contributed by atoms with van der Waals surface area (Å²) in [5.74, 6) is -0.354. The molecule has 20 heavy (non-hydrogen) atoms. The standard InChI is InChI=1S/C12H11FN4O2S/c13-8-2-1-7-3-4-17(9(7)5-8)10(18)6-20-12-14-11(19)15-16-12/h1-2,5H,3-4,6H2,(H2,14,15,16,19). The number of halogens is 1. The van der Waals surface area contributed by atoms with E-state index in [4.69, 9.17) is 0 Å². The summed E-state index contributed by atoms with van der Waals surface area (Å²) in [6.45, 7) is 0.551. The Morgan fingerprint density at radius 3 is 3.10 bits per heavy atom. The highest BCUT2D eigenvalue weighted by Gasteiger charge is 2.25. The Balaban J connectivity index is 1.70. The normalized spacial score (nSPS) is 13.6. The van der Waals surface area contributed by atoms with Crippen molar-refractivity contribution in [3.8, 4) is 0 Å². The van der Waals surface area contributed by atoms with Gasteiger partial charge in [0.25, 0.3) is 0 Å². The summed E-state index contributed by atoms with van der Waals surface area (Å²) in [4.78, 5) is 27.0. The molecular weight excluding hydrogens is 283 g/mol. The first kappa shape index (κ1) is 12.9. The largest absolute Gasteiger partial charge is 0.341 e. The number of aromatic nitrogens is 3. The molecule has 0 aliphatic carbocycles. The van der Waals surface area contributed by atoms with Gasteiger partial charge in [0, 0.05) is 12.2 Å². The van der Waals surface area contributed by atoms with Gasteiger partial charge in [-0.1, -0.05) is 17.8 Å². The fourth-order valence-electron chi connectivity index (χ4n) is 2.14. The van der Waals surface area contributed by atoms with Gasteiger partial charge >= 0.3 is 5.69 Å². The fourth-order valence-corrected chi connectivity index (χ4v) is 2.83. The Morgan fingerprint density at radius 1 is 1.50 bits per heavy atom. The third-order valence-electron chi connectivity index (χ3n) is 3.06. The van der Waals surface area contributed by atoms with Crippen LogP contribution in [-0.4, -0.2) is 33.4 Å². The molecule has 0 unspecified atom stereocenters. The van der Waals surface area contributed by atoms with Crippen LogP contribution < -0.4 is 10.6 Å². The zero-order valence-corrected chi connectivity index (χ0v) is 11.2. The number of thioether (sulfide) groups is 1. The molecule has 1 aliphatic rings. The third kappa shape index (κ3) is 2.46. The number of aromatic amines is 2. The number of benzene rings is 1. The van der Waals surface area contributed by atoms with Crippen LogP contribution in [0.1, 0.15) is 5.56 Å². The first-order valence-corrected chi connectivity index (χ1v) is 6.98. The molecular formula is C12H11FN4O2S. The summed E-state index contributed by atoms with van der Waals surface area (Å²) in [6.07, 6.45) is 0.727. The van der Waals surface area contributed by atoms with Crippen LogP contribution in [0.15, 0.2) is 28.2 Å². The van der Waals surface area contributed by atoms with E-state index < -0.39 is 5.69 Å². The molecule has 6 nitrogen and oxygen atoms in total. The fraction of sp³-hybridized carbons (Fsp3) is 0.250. The van der Waals surface area contributed by atoms with Gasteiger partial charge in [-0.05, 0) is 24.1 Å². The number of H-pyrrole nitrogens is 2. The Bertz CT molecular complexity index is 711. The van der Waals surface area contributed by atoms with Crippen LogP contribution in [-0.2, 0) is 11.2 Å². The van der Waals surface area contributed by atoms with Crippen LogP contribution in [0.3, 0.4) is 0 Å². The molecule has 0 saturated heterocycles. The van der Waals surface area contributed by atoms with Crippen molar-refractivity contribution in [3.63, 3.8) is 0 Å². The monoisotopic (exact) mass is 294 g/mol. The second kappa shape index (κ2) is 5.12. The molecule has 1 aliphatic heterocycles. The summed E-state index contributed by atoms with van der Waals surface area (Å²) in [5.41, 5.74) is 1.19. The summed E-state index contributed by atoms with van der Waals surface area (Å²) < 4.78 is 13.3. The molecule has 2 aromatic rings. The summed E-state index contributed by atoms with van der Waals surface area (Å²) >= 11 is 1.13. The predicted molar refractivity (Wildman–Crippen MR) is 72.4 cm³/mol. The molecule has 104 valence electrons. The molecule has 0 bridgehead atoms. The van der Waals surface area contributed by atoms with Crippen molar-refractivity contribution in [1.29, 1.82) is 0 Å². The van der Waals surface area contributed by atoms with Crippen LogP contribution in [0.4, 0.5) is 10.1 Å². The van der Waals surface area contributed by atoms with E-state index in [1.54, 1.807) is 11.0 Å². The SMILES string of the molecule is O=C(CSc1n[nH]c(=O)[nH]1)N1CCc2ccc(F)cc21. The van der Waals surface area contributed by atoms with Crippen LogP contribution in [0.25, 0.3) is 0 Å². The Morgan fingerprint density at radius 2 is 2.35 bits per heavy atom. The van der Waals surface area contributed by atoms with Crippen LogP contribution in [0, 0.1) is 5.82 Å². The van der Waals surface area contributed by atoms with Gasteiger partial charge in [0.2, 0.25) is 5.91 Å². The van der Waals surface area contributed by atoms with Gasteiger partial charge in [0.1, 0.15) is 5.82 Å². The van der Waals surface area contributed by atoms with Crippen molar-refractivity contribution >= 4 is 23.4 Å². The lowest BCUT2D eigenvalue weighted by Gasteiger charge is -2.16. The number of carbonyl (C=O) groups excluding carboxylic acids is 1. The number of hydrogen-bond donors (Lipinski definition) is 2. The molecule has 0 saturated carbocycles. The molecule has 1 aromatic carbocycles. The topological polar surface area (TPSA) is 81.8 Å². The zero-order valence-electron chi connectivity index (χ0n) is 10.4. The average molecular weight is 294 g/mol. The smallest absolute Gasteiger partial charge is 0.311 e. The van der Waals surface area contributed by atoms with Crippen LogP contribution in [0.5, 0.6) is 0 Å². The van der Waals surface area contributed by atoms with Gasteiger partial charge in [-0.15, -0.1) is 5.10 Å². The highest BCUT2D eigenvalue weighted by atomic mass is 32.2. The number of carbonyl (C=O) groups is 1. The minimum absolute atomic E-state index is 0.136. The highest BCUT2D eigenvalue weighted by Crippen LogP contribution is 2.29. The Kier molecular flexibility index (Phi) is 3.31. The van der Waals surface area contributed by atoms with Gasteiger partial charge in [-0.3, -0.25) is 9.78 Å². The van der Waals surface area contributed by atoms with E-state index in [1.165, 1.54) is 12.1 Å². The van der Waals surface area contributed by atoms with E-state index in [9.17, 15) is 14.0 Å². The molecule has 0 fully saturated rings. The molecule has 8 heteroatoms. The van der Waals surface area contributed by atoms with Crippen molar-refractivity contribution in [1.82, 2.24) is 15.2 Å². The lowest BCUT2D eigenvalue weighted by Crippen LogP contribution is -2.30. The van der Waals surface area contributed by atoms with Crippen LogP contribution >= 0.6 is 11.8 Å². The minimum Gasteiger partial charge on any atom is -0.311 e. The van der Waals surface area contributed by atoms with E-state index in [1.807, 2.05) is 0 Å². The van der Waals surface area contributed by atoms with Gasteiger partial charge in [0.05, 0.1) is 5.75 Å². The molecule has 1 aromatic heterocycles. The second-order valence-corrected chi connectivity index (χ2v) is 5.30. The van der Waals surface area contributed by atoms with E-state index in [2.05, 4.69) is 15.2 Å². The molecule has 1 amide bonds. The number of hydrogen-bond acceptors (Lipinski definition) is 4. The van der Waals surface area contributed by atoms with Crippen molar-refractivity contribution in [2.45, 2.75) is 11.6 Å². The maximum atomic E-state index is 13.3. The maximum absolute atomic E-state index is 13.3. The van der Waals surface area contributed by atoms with Crippen molar-refractivity contribution in [3.05, 3.63) is 40.1 Å². The number of nitrogens with zero attached hydrogens (tertiary/aromatic N) is 2. The molecule has 3 rings (SSSR count). The number of amides is 1. The van der Waals surface area contributed by atoms with Crippen molar-refractivity contribution < 1.29 is 9.18 Å². The third-order valence-corrected chi connectivity index (χ3v) is 3.91. The van der Waals surface area contributed by atoms with Gasteiger partial charge < -0.3 is 4.90 Å². The lowest BCUT2D eigenvalue weighted by molar-refractivity contribution is -0.116. The predicted octanol–water partition coefficient (Wildman–Crippen LogP) is 0.918. The number of fused-ring (bicyclic) bond motifs is 1. The van der Waals surface area contributed by atoms with Gasteiger partial charge in [-0.2, -0.15) is 0 Å². The van der Waals surface area contributed by atoms with E-state index in [-0.39, 0.29) is 17.5 Å². The van der Waals surface area contributed by atoms with Crippen LogP contribution in [0.2, 0.25) is 0 Å². The van der Waals surface area contributed by atoms with Crippen molar-refractivity contribution in [2.75, 3.05) is 17.2 Å². The Hall–Kier alpha value is -2.09. The molecule has 2 heterocycles. The lowest BCUT2D eigenvalue weighted by atomic mass is 10.2. The average Bonchev–Trinajstić information content (AvgIpc) is 3.02. The summed E-state index contributed by atoms with van der Waals surface area (Å²) in [6, 6.07) is 4.48. The molecule has 0 radical (unpaired) electrons. The Labute approximate surface area is 117 Å². The first-order valence-electron chi connectivity index (χ1n) is 6.00. The van der Waals surface area contributed by atoms with Gasteiger partial charge in [0.15, 0.2) is 5.16 Å². The zero-order chi connectivity index (χ0) is 14.1. The van der Waals surface area contributed by atoms with Gasteiger partial charge in [-0.25, -0.2) is 14.3 Å². The number of nitrogens with one attached hydrogen (secondary N) is 2. The number of rotatable bonds is 3. The summed E-state index contributed by atoms with van der Waals surface area (Å²) in [7, 11) is 0. The van der Waals surface area contributed by atoms with Crippen molar-refractivity contribution in [2.24, 2.45) is 0 Å².